The first-order valence-corrected chi connectivity index (χ1v) is 8.83. The molecule has 1 aromatic rings. The van der Waals surface area contributed by atoms with Crippen LogP contribution in [0.25, 0.3) is 0 Å². The molecule has 1 amide bonds. The normalized spacial score (nSPS) is 37.3. The largest absolute Gasteiger partial charge is 0.346 e. The van der Waals surface area contributed by atoms with E-state index < -0.39 is 0 Å². The molecule has 120 valence electrons. The number of nitrogens with one attached hydrogen (secondary N) is 2. The van der Waals surface area contributed by atoms with Crippen molar-refractivity contribution in [3.8, 4) is 0 Å². The van der Waals surface area contributed by atoms with Crippen molar-refractivity contribution in [2.75, 3.05) is 0 Å². The molecule has 5 nitrogen and oxygen atoms in total. The molecule has 0 radical (unpaired) electrons. The maximum absolute atomic E-state index is 12.9. The van der Waals surface area contributed by atoms with Gasteiger partial charge in [0.05, 0.1) is 6.04 Å². The molecule has 4 fully saturated rings. The molecule has 4 aliphatic carbocycles. The molecule has 0 aromatic carbocycles. The van der Waals surface area contributed by atoms with E-state index >= 15 is 0 Å². The fourth-order valence-corrected chi connectivity index (χ4v) is 5.49. The van der Waals surface area contributed by atoms with Crippen molar-refractivity contribution in [2.45, 2.75) is 58.4 Å². The highest BCUT2D eigenvalue weighted by molar-refractivity contribution is 5.80. The number of carbonyl (C=O) groups is 1. The Morgan fingerprint density at radius 1 is 1.23 bits per heavy atom. The molecule has 0 unspecified atom stereocenters. The van der Waals surface area contributed by atoms with Crippen LogP contribution in [-0.2, 0) is 4.79 Å². The van der Waals surface area contributed by atoms with Crippen LogP contribution >= 0.6 is 0 Å². The molecule has 1 aromatic heterocycles. The van der Waals surface area contributed by atoms with E-state index in [-0.39, 0.29) is 17.9 Å². The molecule has 0 aliphatic heterocycles. The van der Waals surface area contributed by atoms with E-state index in [2.05, 4.69) is 27.4 Å². The highest BCUT2D eigenvalue weighted by Crippen LogP contribution is 2.56. The molecule has 2 N–H and O–H groups in total. The quantitative estimate of drug-likeness (QED) is 0.898. The molecule has 4 aliphatic rings. The predicted octanol–water partition coefficient (Wildman–Crippen LogP) is 2.75. The van der Waals surface area contributed by atoms with Gasteiger partial charge in [-0.2, -0.15) is 5.10 Å². The summed E-state index contributed by atoms with van der Waals surface area (Å²) in [4.78, 5) is 17.3. The van der Waals surface area contributed by atoms with Crippen LogP contribution in [0.4, 0.5) is 0 Å². The predicted molar refractivity (Wildman–Crippen MR) is 82.8 cm³/mol. The standard InChI is InChI=1S/C17H26N4O/c1-3-14(16-18-9(2)20-21-16)19-17(22)15-12-5-10-4-11(7-12)8-13(15)6-10/h10-15H,3-8H2,1-2H3,(H,19,22)(H,18,20,21)/t10?,11?,12?,13?,14-,15?/m1/s1. The number of carbonyl (C=O) groups excluding carboxylic acids is 1. The van der Waals surface area contributed by atoms with Gasteiger partial charge >= 0.3 is 0 Å². The average Bonchev–Trinajstić information content (AvgIpc) is 2.90. The fourth-order valence-electron chi connectivity index (χ4n) is 5.49. The second kappa shape index (κ2) is 5.36. The van der Waals surface area contributed by atoms with Gasteiger partial charge in [0.1, 0.15) is 5.82 Å². The topological polar surface area (TPSA) is 70.7 Å². The number of nitrogens with zero attached hydrogens (tertiary/aromatic N) is 2. The van der Waals surface area contributed by atoms with Crippen molar-refractivity contribution in [3.63, 3.8) is 0 Å². The summed E-state index contributed by atoms with van der Waals surface area (Å²) in [5.41, 5.74) is 0. The highest BCUT2D eigenvalue weighted by atomic mass is 16.2. The number of aromatic nitrogens is 3. The average molecular weight is 302 g/mol. The van der Waals surface area contributed by atoms with Crippen molar-refractivity contribution >= 4 is 5.91 Å². The molecule has 4 bridgehead atoms. The third kappa shape index (κ3) is 2.34. The molecule has 0 saturated heterocycles. The number of hydrogen-bond donors (Lipinski definition) is 2. The Labute approximate surface area is 131 Å². The summed E-state index contributed by atoms with van der Waals surface area (Å²) < 4.78 is 0. The van der Waals surface area contributed by atoms with Crippen molar-refractivity contribution in [1.29, 1.82) is 0 Å². The second-order valence-corrected chi connectivity index (χ2v) is 7.70. The molecule has 5 heteroatoms. The van der Waals surface area contributed by atoms with Crippen LogP contribution in [0.3, 0.4) is 0 Å². The van der Waals surface area contributed by atoms with Crippen molar-refractivity contribution in [3.05, 3.63) is 11.6 Å². The molecule has 4 saturated carbocycles. The van der Waals surface area contributed by atoms with Crippen LogP contribution in [0.15, 0.2) is 0 Å². The van der Waals surface area contributed by atoms with Crippen LogP contribution < -0.4 is 5.32 Å². The van der Waals surface area contributed by atoms with E-state index in [0.717, 1.165) is 29.9 Å². The number of hydrogen-bond acceptors (Lipinski definition) is 3. The maximum Gasteiger partial charge on any atom is 0.224 e. The van der Waals surface area contributed by atoms with E-state index in [1.165, 1.54) is 32.1 Å². The summed E-state index contributed by atoms with van der Waals surface area (Å²) in [6.45, 7) is 3.97. The summed E-state index contributed by atoms with van der Waals surface area (Å²) >= 11 is 0. The monoisotopic (exact) mass is 302 g/mol. The Morgan fingerprint density at radius 3 is 2.36 bits per heavy atom. The first-order chi connectivity index (χ1) is 10.6. The minimum Gasteiger partial charge on any atom is -0.346 e. The summed E-state index contributed by atoms with van der Waals surface area (Å²) in [5.74, 6) is 5.08. The summed E-state index contributed by atoms with van der Waals surface area (Å²) in [5, 5.41) is 10.3. The van der Waals surface area contributed by atoms with Gasteiger partial charge in [0, 0.05) is 5.92 Å². The third-order valence-corrected chi connectivity index (χ3v) is 6.18. The fraction of sp³-hybridized carbons (Fsp3) is 0.824. The Hall–Kier alpha value is -1.39. The molecule has 0 spiro atoms. The summed E-state index contributed by atoms with van der Waals surface area (Å²) in [7, 11) is 0. The Morgan fingerprint density at radius 2 is 1.86 bits per heavy atom. The molecule has 1 heterocycles. The van der Waals surface area contributed by atoms with Gasteiger partial charge in [0.15, 0.2) is 5.82 Å². The van der Waals surface area contributed by atoms with Gasteiger partial charge in [-0.3, -0.25) is 9.89 Å². The smallest absolute Gasteiger partial charge is 0.224 e. The Balaban J connectivity index is 1.47. The van der Waals surface area contributed by atoms with Gasteiger partial charge in [-0.05, 0) is 69.1 Å². The summed E-state index contributed by atoms with van der Waals surface area (Å²) in [6, 6.07) is -0.0605. The van der Waals surface area contributed by atoms with Gasteiger partial charge in [-0.15, -0.1) is 0 Å². The van der Waals surface area contributed by atoms with Gasteiger partial charge in [-0.25, -0.2) is 4.98 Å². The first-order valence-electron chi connectivity index (χ1n) is 8.83. The van der Waals surface area contributed by atoms with Crippen LogP contribution in [-0.4, -0.2) is 21.1 Å². The molecular formula is C17H26N4O. The minimum atomic E-state index is -0.0605. The van der Waals surface area contributed by atoms with E-state index in [4.69, 9.17) is 0 Å². The van der Waals surface area contributed by atoms with Crippen LogP contribution in [0, 0.1) is 36.5 Å². The molecule has 22 heavy (non-hydrogen) atoms. The summed E-state index contributed by atoms with van der Waals surface area (Å²) in [6.07, 6.45) is 7.37. The Kier molecular flexibility index (Phi) is 3.46. The lowest BCUT2D eigenvalue weighted by molar-refractivity contribution is -0.139. The van der Waals surface area contributed by atoms with Crippen molar-refractivity contribution < 1.29 is 4.79 Å². The second-order valence-electron chi connectivity index (χ2n) is 7.70. The van der Waals surface area contributed by atoms with Crippen molar-refractivity contribution in [1.82, 2.24) is 20.5 Å². The lowest BCUT2D eigenvalue weighted by atomic mass is 9.51. The van der Waals surface area contributed by atoms with E-state index in [1.807, 2.05) is 6.92 Å². The number of aromatic amines is 1. The lowest BCUT2D eigenvalue weighted by Gasteiger charge is -2.53. The van der Waals surface area contributed by atoms with Gasteiger partial charge in [-0.1, -0.05) is 6.92 Å². The number of aryl methyl sites for hydroxylation is 1. The van der Waals surface area contributed by atoms with E-state index in [9.17, 15) is 4.79 Å². The molecule has 1 atom stereocenters. The third-order valence-electron chi connectivity index (χ3n) is 6.18. The zero-order chi connectivity index (χ0) is 15.3. The number of H-pyrrole nitrogens is 1. The van der Waals surface area contributed by atoms with E-state index in [1.54, 1.807) is 0 Å². The van der Waals surface area contributed by atoms with Gasteiger partial charge in [0.2, 0.25) is 5.91 Å². The molecular weight excluding hydrogens is 276 g/mol. The lowest BCUT2D eigenvalue weighted by Crippen LogP contribution is -2.51. The van der Waals surface area contributed by atoms with Crippen LogP contribution in [0.1, 0.15) is 63.1 Å². The number of amides is 1. The maximum atomic E-state index is 12.9. The zero-order valence-corrected chi connectivity index (χ0v) is 13.5. The van der Waals surface area contributed by atoms with Crippen LogP contribution in [0.5, 0.6) is 0 Å². The van der Waals surface area contributed by atoms with Gasteiger partial charge < -0.3 is 5.32 Å². The first kappa shape index (κ1) is 14.2. The highest BCUT2D eigenvalue weighted by Gasteiger charge is 2.50. The Bertz CT molecular complexity index is 539. The molecule has 5 rings (SSSR count). The number of rotatable bonds is 4. The van der Waals surface area contributed by atoms with E-state index in [0.29, 0.717) is 11.8 Å². The minimum absolute atomic E-state index is 0.0605. The van der Waals surface area contributed by atoms with Crippen molar-refractivity contribution in [2.24, 2.45) is 29.6 Å². The van der Waals surface area contributed by atoms with Crippen LogP contribution in [0.2, 0.25) is 0 Å². The zero-order valence-electron chi connectivity index (χ0n) is 13.5. The van der Waals surface area contributed by atoms with Gasteiger partial charge in [0.25, 0.3) is 0 Å². The SMILES string of the molecule is CC[C@@H](NC(=O)C1C2CC3CC(C2)CC1C3)c1n[nH]c(C)n1.